The zero-order valence-corrected chi connectivity index (χ0v) is 6.92. The lowest BCUT2D eigenvalue weighted by atomic mass is 10.2. The van der Waals surface area contributed by atoms with Gasteiger partial charge < -0.3 is 5.84 Å². The van der Waals surface area contributed by atoms with Crippen LogP contribution in [-0.4, -0.2) is 9.66 Å². The molecule has 2 rings (SSSR count). The summed E-state index contributed by atoms with van der Waals surface area (Å²) in [6.07, 6.45) is -0.932. The minimum atomic E-state index is -4.38. The second-order valence-corrected chi connectivity index (χ2v) is 2.84. The van der Waals surface area contributed by atoms with Gasteiger partial charge in [-0.3, -0.25) is 9.66 Å². The Morgan fingerprint density at radius 1 is 1.36 bits per heavy atom. The molecule has 0 radical (unpaired) electrons. The molecule has 2 heterocycles. The molecule has 2 aromatic rings. The Morgan fingerprint density at radius 3 is 2.71 bits per heavy atom. The fourth-order valence-corrected chi connectivity index (χ4v) is 1.32. The van der Waals surface area contributed by atoms with E-state index in [1.165, 1.54) is 18.5 Å². The largest absolute Gasteiger partial charge is 0.418 e. The normalized spacial score (nSPS) is 12.2. The van der Waals surface area contributed by atoms with Gasteiger partial charge in [-0.2, -0.15) is 13.2 Å². The molecular formula is C8H6F3N3. The van der Waals surface area contributed by atoms with Gasteiger partial charge in [-0.15, -0.1) is 0 Å². The Morgan fingerprint density at radius 2 is 2.07 bits per heavy atom. The molecular weight excluding hydrogens is 195 g/mol. The van der Waals surface area contributed by atoms with E-state index in [0.717, 1.165) is 10.9 Å². The molecule has 0 saturated heterocycles. The summed E-state index contributed by atoms with van der Waals surface area (Å²) in [4.78, 5) is 3.70. The van der Waals surface area contributed by atoms with Gasteiger partial charge in [0.05, 0.1) is 17.3 Å². The number of nitrogens with zero attached hydrogens (tertiary/aromatic N) is 2. The lowest BCUT2D eigenvalue weighted by molar-refractivity contribution is -0.136. The SMILES string of the molecule is Nn1cc(C(F)(F)F)c2ccncc21. The number of nitrogen functional groups attached to an aromatic ring is 1. The van der Waals surface area contributed by atoms with Crippen LogP contribution in [0.2, 0.25) is 0 Å². The summed E-state index contributed by atoms with van der Waals surface area (Å²) in [5, 5.41) is 0.0648. The number of hydrogen-bond acceptors (Lipinski definition) is 2. The minimum Gasteiger partial charge on any atom is -0.339 e. The number of nitrogens with two attached hydrogens (primary N) is 1. The van der Waals surface area contributed by atoms with E-state index in [1.807, 2.05) is 0 Å². The van der Waals surface area contributed by atoms with E-state index >= 15 is 0 Å². The van der Waals surface area contributed by atoms with Gasteiger partial charge in [-0.1, -0.05) is 0 Å². The van der Waals surface area contributed by atoms with Crippen molar-refractivity contribution in [2.45, 2.75) is 6.18 Å². The Balaban J connectivity index is 2.80. The fourth-order valence-electron chi connectivity index (χ4n) is 1.32. The quantitative estimate of drug-likeness (QED) is 0.660. The Bertz CT molecular complexity index is 472. The van der Waals surface area contributed by atoms with Crippen molar-refractivity contribution < 1.29 is 13.2 Å². The fraction of sp³-hybridized carbons (Fsp3) is 0.125. The van der Waals surface area contributed by atoms with E-state index < -0.39 is 11.7 Å². The van der Waals surface area contributed by atoms with E-state index in [0.29, 0.717) is 0 Å². The third kappa shape index (κ3) is 1.19. The first-order chi connectivity index (χ1) is 6.50. The molecule has 6 heteroatoms. The minimum absolute atomic E-state index is 0.0648. The van der Waals surface area contributed by atoms with Gasteiger partial charge in [0.1, 0.15) is 0 Å². The van der Waals surface area contributed by atoms with Crippen LogP contribution in [0.5, 0.6) is 0 Å². The van der Waals surface area contributed by atoms with Crippen molar-refractivity contribution in [3.63, 3.8) is 0 Å². The Hall–Kier alpha value is -1.72. The lowest BCUT2D eigenvalue weighted by Gasteiger charge is -2.02. The van der Waals surface area contributed by atoms with Gasteiger partial charge >= 0.3 is 6.18 Å². The zero-order valence-electron chi connectivity index (χ0n) is 6.92. The van der Waals surface area contributed by atoms with Gasteiger partial charge in [-0.05, 0) is 6.07 Å². The maximum atomic E-state index is 12.4. The standard InChI is InChI=1S/C8H6F3N3/c9-8(10,11)6-4-14(12)7-3-13-2-1-5(6)7/h1-4H,12H2. The number of fused-ring (bicyclic) bond motifs is 1. The van der Waals surface area contributed by atoms with Crippen molar-refractivity contribution >= 4 is 10.9 Å². The summed E-state index contributed by atoms with van der Waals surface area (Å²) in [5.74, 6) is 5.35. The molecule has 0 aliphatic rings. The Labute approximate surface area is 76.9 Å². The highest BCUT2D eigenvalue weighted by atomic mass is 19.4. The van der Waals surface area contributed by atoms with Crippen molar-refractivity contribution in [1.82, 2.24) is 9.66 Å². The van der Waals surface area contributed by atoms with E-state index in [9.17, 15) is 13.2 Å². The molecule has 2 N–H and O–H groups in total. The van der Waals surface area contributed by atoms with Crippen molar-refractivity contribution in [1.29, 1.82) is 0 Å². The van der Waals surface area contributed by atoms with Crippen LogP contribution < -0.4 is 5.84 Å². The molecule has 14 heavy (non-hydrogen) atoms. The van der Waals surface area contributed by atoms with E-state index in [1.54, 1.807) is 0 Å². The predicted octanol–water partition coefficient (Wildman–Crippen LogP) is 1.77. The van der Waals surface area contributed by atoms with Gasteiger partial charge in [-0.25, -0.2) is 0 Å². The summed E-state index contributed by atoms with van der Waals surface area (Å²) in [5.41, 5.74) is -0.475. The number of rotatable bonds is 0. The van der Waals surface area contributed by atoms with Crippen molar-refractivity contribution in [2.24, 2.45) is 0 Å². The molecule has 0 aromatic carbocycles. The topological polar surface area (TPSA) is 43.8 Å². The highest BCUT2D eigenvalue weighted by Crippen LogP contribution is 2.34. The van der Waals surface area contributed by atoms with Crippen molar-refractivity contribution in [2.75, 3.05) is 5.84 Å². The summed E-state index contributed by atoms with van der Waals surface area (Å²) in [7, 11) is 0. The molecule has 0 bridgehead atoms. The molecule has 0 saturated carbocycles. The lowest BCUT2D eigenvalue weighted by Crippen LogP contribution is -2.07. The molecule has 0 amide bonds. The second-order valence-electron chi connectivity index (χ2n) is 2.84. The van der Waals surface area contributed by atoms with E-state index in [2.05, 4.69) is 4.98 Å². The van der Waals surface area contributed by atoms with Crippen LogP contribution in [0.1, 0.15) is 5.56 Å². The zero-order chi connectivity index (χ0) is 10.3. The molecule has 0 aliphatic carbocycles. The third-order valence-corrected chi connectivity index (χ3v) is 1.94. The van der Waals surface area contributed by atoms with Gasteiger partial charge in [0.25, 0.3) is 0 Å². The first kappa shape index (κ1) is 8.86. The molecule has 3 nitrogen and oxygen atoms in total. The molecule has 0 unspecified atom stereocenters. The number of hydrogen-bond donors (Lipinski definition) is 1. The van der Waals surface area contributed by atoms with Crippen LogP contribution in [0.4, 0.5) is 13.2 Å². The van der Waals surface area contributed by atoms with Gasteiger partial charge in [0.15, 0.2) is 0 Å². The van der Waals surface area contributed by atoms with Crippen molar-refractivity contribution in [3.8, 4) is 0 Å². The first-order valence-electron chi connectivity index (χ1n) is 3.77. The van der Waals surface area contributed by atoms with Crippen LogP contribution in [0, 0.1) is 0 Å². The highest BCUT2D eigenvalue weighted by Gasteiger charge is 2.34. The predicted molar refractivity (Wildman–Crippen MR) is 44.9 cm³/mol. The molecule has 0 fully saturated rings. The summed E-state index contributed by atoms with van der Waals surface area (Å²) in [6.45, 7) is 0. The third-order valence-electron chi connectivity index (χ3n) is 1.94. The summed E-state index contributed by atoms with van der Waals surface area (Å²) in [6, 6.07) is 1.29. The number of aromatic nitrogens is 2. The monoisotopic (exact) mass is 201 g/mol. The Kier molecular flexibility index (Phi) is 1.67. The number of alkyl halides is 3. The molecule has 0 aliphatic heterocycles. The summed E-state index contributed by atoms with van der Waals surface area (Å²) < 4.78 is 38.2. The molecule has 0 atom stereocenters. The van der Waals surface area contributed by atoms with E-state index in [-0.39, 0.29) is 10.9 Å². The highest BCUT2D eigenvalue weighted by molar-refractivity contribution is 5.83. The number of halogens is 3. The van der Waals surface area contributed by atoms with Crippen molar-refractivity contribution in [3.05, 3.63) is 30.2 Å². The molecule has 2 aromatic heterocycles. The first-order valence-corrected chi connectivity index (χ1v) is 3.77. The average Bonchev–Trinajstić information content (AvgIpc) is 2.44. The van der Waals surface area contributed by atoms with Crippen LogP contribution in [0.15, 0.2) is 24.7 Å². The smallest absolute Gasteiger partial charge is 0.339 e. The van der Waals surface area contributed by atoms with Gasteiger partial charge in [0.2, 0.25) is 0 Å². The average molecular weight is 201 g/mol. The maximum absolute atomic E-state index is 12.4. The molecule has 0 spiro atoms. The van der Waals surface area contributed by atoms with Crippen LogP contribution in [-0.2, 0) is 6.18 Å². The second kappa shape index (κ2) is 2.63. The maximum Gasteiger partial charge on any atom is 0.418 e. The van der Waals surface area contributed by atoms with Crippen LogP contribution in [0.3, 0.4) is 0 Å². The van der Waals surface area contributed by atoms with Gasteiger partial charge in [0, 0.05) is 17.8 Å². The number of pyridine rings is 1. The van der Waals surface area contributed by atoms with E-state index in [4.69, 9.17) is 5.84 Å². The van der Waals surface area contributed by atoms with Crippen LogP contribution in [0.25, 0.3) is 10.9 Å². The summed E-state index contributed by atoms with van der Waals surface area (Å²) >= 11 is 0. The van der Waals surface area contributed by atoms with Crippen LogP contribution >= 0.6 is 0 Å². The molecule has 74 valence electrons.